The third kappa shape index (κ3) is 2.54. The fourth-order valence-corrected chi connectivity index (χ4v) is 6.24. The minimum atomic E-state index is 0.828. The molecule has 0 N–H and O–H groups in total. The van der Waals surface area contributed by atoms with Crippen molar-refractivity contribution in [1.29, 1.82) is 0 Å². The number of aromatic nitrogens is 3. The van der Waals surface area contributed by atoms with Crippen molar-refractivity contribution in [1.82, 2.24) is 15.0 Å². The Bertz CT molecular complexity index is 1590. The maximum absolute atomic E-state index is 5.58. The van der Waals surface area contributed by atoms with Crippen molar-refractivity contribution in [2.24, 2.45) is 0 Å². The lowest BCUT2D eigenvalue weighted by atomic mass is 10.1. The Balaban J connectivity index is 1.52. The van der Waals surface area contributed by atoms with Crippen molar-refractivity contribution in [2.75, 3.05) is 0 Å². The summed E-state index contributed by atoms with van der Waals surface area (Å²) in [6, 6.07) is 14.7. The Morgan fingerprint density at radius 2 is 1.53 bits per heavy atom. The lowest BCUT2D eigenvalue weighted by molar-refractivity contribution is 0.600. The van der Waals surface area contributed by atoms with Crippen molar-refractivity contribution in [3.8, 4) is 21.1 Å². The van der Waals surface area contributed by atoms with Gasteiger partial charge in [0.25, 0.3) is 0 Å². The van der Waals surface area contributed by atoms with Gasteiger partial charge in [0.1, 0.15) is 15.5 Å². The Hall–Kier alpha value is -3.09. The summed E-state index contributed by atoms with van der Waals surface area (Å²) in [5, 5.41) is 2.06. The van der Waals surface area contributed by atoms with E-state index in [2.05, 4.69) is 62.2 Å². The molecular formula is C24H17N3OS2. The molecule has 0 aliphatic heterocycles. The van der Waals surface area contributed by atoms with E-state index in [-0.39, 0.29) is 0 Å². The van der Waals surface area contributed by atoms with E-state index in [1.807, 2.05) is 6.07 Å². The third-order valence-electron chi connectivity index (χ3n) is 5.63. The number of nitrogens with zero attached hydrogens (tertiary/aromatic N) is 3. The number of thiazole rings is 2. The molecule has 4 nitrogen and oxygen atoms in total. The molecule has 3 aromatic carbocycles. The van der Waals surface area contributed by atoms with Crippen LogP contribution in [0.2, 0.25) is 0 Å². The lowest BCUT2D eigenvalue weighted by Gasteiger charge is -2.02. The lowest BCUT2D eigenvalue weighted by Crippen LogP contribution is -1.84. The first-order chi connectivity index (χ1) is 14.6. The van der Waals surface area contributed by atoms with Gasteiger partial charge in [0.2, 0.25) is 0 Å². The number of para-hydroxylation sites is 1. The van der Waals surface area contributed by atoms with E-state index in [1.54, 1.807) is 22.7 Å². The van der Waals surface area contributed by atoms with Gasteiger partial charge in [-0.3, -0.25) is 0 Å². The predicted octanol–water partition coefficient (Wildman–Crippen LogP) is 7.31. The van der Waals surface area contributed by atoms with Gasteiger partial charge in [-0.1, -0.05) is 12.1 Å². The molecule has 6 heteroatoms. The van der Waals surface area contributed by atoms with Gasteiger partial charge in [0, 0.05) is 16.7 Å². The van der Waals surface area contributed by atoms with Crippen LogP contribution < -0.4 is 0 Å². The number of hydrogen-bond acceptors (Lipinski definition) is 6. The van der Waals surface area contributed by atoms with Crippen LogP contribution in [-0.4, -0.2) is 15.0 Å². The van der Waals surface area contributed by atoms with Crippen LogP contribution in [-0.2, 0) is 0 Å². The fourth-order valence-electron chi connectivity index (χ4n) is 3.97. The Labute approximate surface area is 180 Å². The van der Waals surface area contributed by atoms with Crippen molar-refractivity contribution >= 4 is 54.2 Å². The van der Waals surface area contributed by atoms with Crippen LogP contribution in [0.5, 0.6) is 0 Å². The molecule has 3 aromatic heterocycles. The Morgan fingerprint density at radius 1 is 0.767 bits per heavy atom. The first kappa shape index (κ1) is 17.7. The predicted molar refractivity (Wildman–Crippen MR) is 125 cm³/mol. The summed E-state index contributed by atoms with van der Waals surface area (Å²) < 4.78 is 8.01. The topological polar surface area (TPSA) is 51.8 Å². The maximum Gasteiger partial charge on any atom is 0.181 e. The second kappa shape index (κ2) is 6.45. The molecule has 146 valence electrons. The van der Waals surface area contributed by atoms with Crippen molar-refractivity contribution in [3.63, 3.8) is 0 Å². The molecule has 6 aromatic rings. The summed E-state index contributed by atoms with van der Waals surface area (Å²) in [4.78, 5) is 14.1. The molecule has 0 aliphatic rings. The van der Waals surface area contributed by atoms with Gasteiger partial charge in [-0.25, -0.2) is 15.0 Å². The van der Waals surface area contributed by atoms with Crippen molar-refractivity contribution in [2.45, 2.75) is 20.8 Å². The third-order valence-corrected chi connectivity index (χ3v) is 7.91. The van der Waals surface area contributed by atoms with Gasteiger partial charge in [-0.05, 0) is 62.2 Å². The normalized spacial score (nSPS) is 11.8. The SMILES string of the molecule is Cc1cccc2sc(-c3ccc4nc(-c5ccc6ncoc6c5C)sc4c3C)nc12. The number of benzene rings is 3. The summed E-state index contributed by atoms with van der Waals surface area (Å²) in [7, 11) is 0. The van der Waals surface area contributed by atoms with Crippen molar-refractivity contribution in [3.05, 3.63) is 65.5 Å². The number of oxazole rings is 1. The zero-order valence-corrected chi connectivity index (χ0v) is 18.3. The van der Waals surface area contributed by atoms with E-state index in [4.69, 9.17) is 14.4 Å². The average molecular weight is 428 g/mol. The molecule has 0 atom stereocenters. The summed E-state index contributed by atoms with van der Waals surface area (Å²) in [6.45, 7) is 6.35. The van der Waals surface area contributed by atoms with E-state index >= 15 is 0 Å². The molecule has 0 saturated heterocycles. The number of hydrogen-bond donors (Lipinski definition) is 0. The number of fused-ring (bicyclic) bond motifs is 3. The first-order valence-electron chi connectivity index (χ1n) is 9.70. The summed E-state index contributed by atoms with van der Waals surface area (Å²) in [5.41, 5.74) is 9.61. The molecule has 0 fully saturated rings. The largest absolute Gasteiger partial charge is 0.443 e. The van der Waals surface area contributed by atoms with Gasteiger partial charge in [-0.15, -0.1) is 22.7 Å². The number of rotatable bonds is 2. The van der Waals surface area contributed by atoms with Crippen molar-refractivity contribution < 1.29 is 4.42 Å². The first-order valence-corrected chi connectivity index (χ1v) is 11.3. The highest BCUT2D eigenvalue weighted by atomic mass is 32.1. The van der Waals surface area contributed by atoms with E-state index in [1.165, 1.54) is 32.5 Å². The quantitative estimate of drug-likeness (QED) is 0.291. The van der Waals surface area contributed by atoms with Gasteiger partial charge in [-0.2, -0.15) is 0 Å². The highest BCUT2D eigenvalue weighted by molar-refractivity contribution is 7.22. The second-order valence-electron chi connectivity index (χ2n) is 7.48. The monoisotopic (exact) mass is 427 g/mol. The van der Waals surface area contributed by atoms with E-state index in [0.29, 0.717) is 0 Å². The molecule has 0 amide bonds. The average Bonchev–Trinajstić information content (AvgIpc) is 3.47. The highest BCUT2D eigenvalue weighted by Gasteiger charge is 2.17. The van der Waals surface area contributed by atoms with Crippen LogP contribution in [0.3, 0.4) is 0 Å². The summed E-state index contributed by atoms with van der Waals surface area (Å²) >= 11 is 3.47. The molecule has 30 heavy (non-hydrogen) atoms. The molecule has 6 rings (SSSR count). The van der Waals surface area contributed by atoms with Gasteiger partial charge < -0.3 is 4.42 Å². The molecule has 0 unspecified atom stereocenters. The second-order valence-corrected chi connectivity index (χ2v) is 9.51. The van der Waals surface area contributed by atoms with Gasteiger partial charge in [0.15, 0.2) is 12.0 Å². The van der Waals surface area contributed by atoms with Crippen LogP contribution in [0.4, 0.5) is 0 Å². The molecular weight excluding hydrogens is 410 g/mol. The maximum atomic E-state index is 5.58. The van der Waals surface area contributed by atoms with Crippen LogP contribution in [0.25, 0.3) is 52.7 Å². The molecule has 0 saturated carbocycles. The summed E-state index contributed by atoms with van der Waals surface area (Å²) in [5.74, 6) is 0. The highest BCUT2D eigenvalue weighted by Crippen LogP contribution is 2.40. The van der Waals surface area contributed by atoms with Crippen LogP contribution in [0.1, 0.15) is 16.7 Å². The van der Waals surface area contributed by atoms with Crippen LogP contribution in [0, 0.1) is 20.8 Å². The van der Waals surface area contributed by atoms with E-state index < -0.39 is 0 Å². The van der Waals surface area contributed by atoms with E-state index in [9.17, 15) is 0 Å². The molecule has 0 aliphatic carbocycles. The van der Waals surface area contributed by atoms with Gasteiger partial charge in [0.05, 0.1) is 20.4 Å². The minimum absolute atomic E-state index is 0.828. The molecule has 3 heterocycles. The molecule has 0 spiro atoms. The Morgan fingerprint density at radius 3 is 2.37 bits per heavy atom. The number of aryl methyl sites for hydroxylation is 3. The standard InChI is InChI=1S/C24H17N3OS2/c1-12-5-4-6-19-20(12)27-24(29-19)16-8-10-18-22(14(16)3)30-23(26-18)15-7-9-17-21(13(15)2)28-11-25-17/h4-11H,1-3H3. The Kier molecular flexibility index (Phi) is 3.82. The van der Waals surface area contributed by atoms with Gasteiger partial charge >= 0.3 is 0 Å². The molecule has 0 bridgehead atoms. The van der Waals surface area contributed by atoms with E-state index in [0.717, 1.165) is 43.3 Å². The molecule has 0 radical (unpaired) electrons. The fraction of sp³-hybridized carbons (Fsp3) is 0.125. The van der Waals surface area contributed by atoms with Crippen LogP contribution >= 0.6 is 22.7 Å². The zero-order valence-electron chi connectivity index (χ0n) is 16.7. The smallest absolute Gasteiger partial charge is 0.181 e. The summed E-state index contributed by atoms with van der Waals surface area (Å²) in [6.07, 6.45) is 1.50. The van der Waals surface area contributed by atoms with Crippen LogP contribution in [0.15, 0.2) is 53.3 Å². The zero-order chi connectivity index (χ0) is 20.4. The minimum Gasteiger partial charge on any atom is -0.443 e.